The minimum absolute atomic E-state index is 0.221. The standard InChI is InChI=1S/C20H18N2O3/c23-20(24)16-6-7-18-17(12-16)21-19(25-18)15-8-10-22(11-9-15)13-14-4-2-1-3-5-14/h1-8,12H,9-11,13H2,(H,23,24). The van der Waals surface area contributed by atoms with Crippen molar-refractivity contribution >= 4 is 22.6 Å². The highest BCUT2D eigenvalue weighted by Gasteiger charge is 2.18. The number of fused-ring (bicyclic) bond motifs is 1. The molecule has 25 heavy (non-hydrogen) atoms. The fourth-order valence-electron chi connectivity index (χ4n) is 3.09. The Bertz CT molecular complexity index is 944. The van der Waals surface area contributed by atoms with Gasteiger partial charge in [0, 0.05) is 25.2 Å². The Hall–Kier alpha value is -2.92. The molecule has 3 aromatic rings. The number of rotatable bonds is 4. The Balaban J connectivity index is 1.51. The molecular formula is C20H18N2O3. The molecule has 4 rings (SSSR count). The molecule has 126 valence electrons. The lowest BCUT2D eigenvalue weighted by Gasteiger charge is -2.25. The number of benzene rings is 2. The van der Waals surface area contributed by atoms with Gasteiger partial charge in [0.1, 0.15) is 5.52 Å². The summed E-state index contributed by atoms with van der Waals surface area (Å²) in [6, 6.07) is 15.2. The number of hydrogen-bond donors (Lipinski definition) is 1. The number of nitrogens with zero attached hydrogens (tertiary/aromatic N) is 2. The third kappa shape index (κ3) is 3.32. The SMILES string of the molecule is O=C(O)c1ccc2oc(C3=CCN(Cc4ccccc4)CC3)nc2c1. The van der Waals surface area contributed by atoms with E-state index in [1.54, 1.807) is 12.1 Å². The van der Waals surface area contributed by atoms with Crippen LogP contribution in [0, 0.1) is 0 Å². The van der Waals surface area contributed by atoms with Crippen LogP contribution in [0.4, 0.5) is 0 Å². The van der Waals surface area contributed by atoms with Gasteiger partial charge >= 0.3 is 5.97 Å². The molecule has 0 aliphatic carbocycles. The second-order valence-electron chi connectivity index (χ2n) is 6.21. The van der Waals surface area contributed by atoms with Crippen LogP contribution in [0.25, 0.3) is 16.7 Å². The lowest BCUT2D eigenvalue weighted by molar-refractivity contribution is 0.0697. The fourth-order valence-corrected chi connectivity index (χ4v) is 3.09. The van der Waals surface area contributed by atoms with Crippen LogP contribution in [-0.2, 0) is 6.54 Å². The lowest BCUT2D eigenvalue weighted by Crippen LogP contribution is -2.28. The van der Waals surface area contributed by atoms with Crippen LogP contribution in [0.2, 0.25) is 0 Å². The van der Waals surface area contributed by atoms with E-state index in [4.69, 9.17) is 9.52 Å². The van der Waals surface area contributed by atoms with Crippen molar-refractivity contribution in [2.24, 2.45) is 0 Å². The van der Waals surface area contributed by atoms with Crippen molar-refractivity contribution in [3.63, 3.8) is 0 Å². The number of aromatic carboxylic acids is 1. The maximum Gasteiger partial charge on any atom is 0.335 e. The zero-order valence-corrected chi connectivity index (χ0v) is 13.7. The van der Waals surface area contributed by atoms with E-state index in [9.17, 15) is 4.79 Å². The molecule has 0 spiro atoms. The second kappa shape index (κ2) is 6.53. The first kappa shape index (κ1) is 15.6. The number of carbonyl (C=O) groups is 1. The molecular weight excluding hydrogens is 316 g/mol. The largest absolute Gasteiger partial charge is 0.478 e. The van der Waals surface area contributed by atoms with Crippen molar-refractivity contribution in [3.05, 3.63) is 71.6 Å². The summed E-state index contributed by atoms with van der Waals surface area (Å²) in [5.41, 5.74) is 3.81. The number of oxazole rings is 1. The van der Waals surface area contributed by atoms with E-state index in [1.165, 1.54) is 11.6 Å². The summed E-state index contributed by atoms with van der Waals surface area (Å²) >= 11 is 0. The summed E-state index contributed by atoms with van der Waals surface area (Å²) in [6.45, 7) is 2.73. The summed E-state index contributed by atoms with van der Waals surface area (Å²) in [6.07, 6.45) is 3.01. The first-order chi connectivity index (χ1) is 12.2. The van der Waals surface area contributed by atoms with E-state index in [0.717, 1.165) is 31.6 Å². The van der Waals surface area contributed by atoms with Gasteiger partial charge in [-0.25, -0.2) is 9.78 Å². The van der Waals surface area contributed by atoms with E-state index in [-0.39, 0.29) is 5.56 Å². The van der Waals surface area contributed by atoms with Gasteiger partial charge < -0.3 is 9.52 Å². The molecule has 0 radical (unpaired) electrons. The summed E-state index contributed by atoms with van der Waals surface area (Å²) in [4.78, 5) is 17.9. The van der Waals surface area contributed by atoms with Crippen LogP contribution in [-0.4, -0.2) is 34.0 Å². The van der Waals surface area contributed by atoms with E-state index < -0.39 is 5.97 Å². The maximum absolute atomic E-state index is 11.1. The van der Waals surface area contributed by atoms with Crippen molar-refractivity contribution in [2.75, 3.05) is 13.1 Å². The number of carboxylic acid groups (broad SMARTS) is 1. The molecule has 0 fully saturated rings. The smallest absolute Gasteiger partial charge is 0.335 e. The summed E-state index contributed by atoms with van der Waals surface area (Å²) in [5.74, 6) is -0.364. The van der Waals surface area contributed by atoms with Crippen molar-refractivity contribution in [3.8, 4) is 0 Å². The highest BCUT2D eigenvalue weighted by Crippen LogP contribution is 2.26. The van der Waals surface area contributed by atoms with Crippen LogP contribution >= 0.6 is 0 Å². The Morgan fingerprint density at radius 3 is 2.76 bits per heavy atom. The van der Waals surface area contributed by atoms with Crippen LogP contribution in [0.15, 0.2) is 59.0 Å². The van der Waals surface area contributed by atoms with Gasteiger partial charge in [0.25, 0.3) is 0 Å². The van der Waals surface area contributed by atoms with Crippen molar-refractivity contribution < 1.29 is 14.3 Å². The van der Waals surface area contributed by atoms with Crippen LogP contribution in [0.3, 0.4) is 0 Å². The molecule has 5 nitrogen and oxygen atoms in total. The van der Waals surface area contributed by atoms with Crippen LogP contribution in [0.5, 0.6) is 0 Å². The monoisotopic (exact) mass is 334 g/mol. The third-order valence-electron chi connectivity index (χ3n) is 4.45. The average molecular weight is 334 g/mol. The Labute approximate surface area is 145 Å². The van der Waals surface area contributed by atoms with Gasteiger partial charge in [-0.05, 0) is 30.2 Å². The molecule has 2 heterocycles. The highest BCUT2D eigenvalue weighted by atomic mass is 16.4. The van der Waals surface area contributed by atoms with Crippen molar-refractivity contribution in [1.82, 2.24) is 9.88 Å². The number of carboxylic acids is 1. The van der Waals surface area contributed by atoms with Gasteiger partial charge in [-0.2, -0.15) is 0 Å². The molecule has 1 aromatic heterocycles. The van der Waals surface area contributed by atoms with E-state index in [0.29, 0.717) is 17.0 Å². The van der Waals surface area contributed by atoms with Crippen molar-refractivity contribution in [2.45, 2.75) is 13.0 Å². The molecule has 1 N–H and O–H groups in total. The minimum atomic E-state index is -0.958. The molecule has 2 aromatic carbocycles. The molecule has 0 amide bonds. The lowest BCUT2D eigenvalue weighted by atomic mass is 10.1. The topological polar surface area (TPSA) is 66.6 Å². The highest BCUT2D eigenvalue weighted by molar-refractivity contribution is 5.92. The molecule has 1 aliphatic heterocycles. The zero-order valence-electron chi connectivity index (χ0n) is 13.7. The fraction of sp³-hybridized carbons (Fsp3) is 0.200. The first-order valence-corrected chi connectivity index (χ1v) is 8.28. The molecule has 0 unspecified atom stereocenters. The van der Waals surface area contributed by atoms with Crippen LogP contribution < -0.4 is 0 Å². The Morgan fingerprint density at radius 2 is 2.04 bits per heavy atom. The van der Waals surface area contributed by atoms with Gasteiger partial charge in [-0.3, -0.25) is 4.90 Å². The molecule has 5 heteroatoms. The predicted octanol–water partition coefficient (Wildman–Crippen LogP) is 3.82. The molecule has 0 saturated heterocycles. The second-order valence-corrected chi connectivity index (χ2v) is 6.21. The Kier molecular flexibility index (Phi) is 4.07. The summed E-state index contributed by atoms with van der Waals surface area (Å²) in [5, 5.41) is 9.07. The van der Waals surface area contributed by atoms with Gasteiger partial charge in [0.15, 0.2) is 5.58 Å². The molecule has 0 bridgehead atoms. The minimum Gasteiger partial charge on any atom is -0.478 e. The van der Waals surface area contributed by atoms with Crippen LogP contribution in [0.1, 0.15) is 28.2 Å². The number of hydrogen-bond acceptors (Lipinski definition) is 4. The quantitative estimate of drug-likeness (QED) is 0.786. The maximum atomic E-state index is 11.1. The third-order valence-corrected chi connectivity index (χ3v) is 4.45. The molecule has 1 aliphatic rings. The number of aromatic nitrogens is 1. The predicted molar refractivity (Wildman–Crippen MR) is 95.3 cm³/mol. The zero-order chi connectivity index (χ0) is 17.2. The first-order valence-electron chi connectivity index (χ1n) is 8.28. The Morgan fingerprint density at radius 1 is 1.20 bits per heavy atom. The average Bonchev–Trinajstić information content (AvgIpc) is 3.06. The van der Waals surface area contributed by atoms with Gasteiger partial charge in [0.2, 0.25) is 5.89 Å². The van der Waals surface area contributed by atoms with Crippen molar-refractivity contribution in [1.29, 1.82) is 0 Å². The normalized spacial score (nSPS) is 15.3. The van der Waals surface area contributed by atoms with E-state index >= 15 is 0 Å². The van der Waals surface area contributed by atoms with Gasteiger partial charge in [-0.15, -0.1) is 0 Å². The van der Waals surface area contributed by atoms with E-state index in [1.807, 2.05) is 6.07 Å². The molecule has 0 atom stereocenters. The summed E-state index contributed by atoms with van der Waals surface area (Å²) < 4.78 is 5.80. The van der Waals surface area contributed by atoms with E-state index in [2.05, 4.69) is 40.2 Å². The molecule has 0 saturated carbocycles. The van der Waals surface area contributed by atoms with Gasteiger partial charge in [0.05, 0.1) is 5.56 Å². The summed E-state index contributed by atoms with van der Waals surface area (Å²) in [7, 11) is 0. The van der Waals surface area contributed by atoms with Gasteiger partial charge in [-0.1, -0.05) is 36.4 Å².